The van der Waals surface area contributed by atoms with Crippen molar-refractivity contribution in [3.8, 4) is 11.5 Å². The van der Waals surface area contributed by atoms with Crippen molar-refractivity contribution in [1.29, 1.82) is 0 Å². The van der Waals surface area contributed by atoms with Crippen LogP contribution in [-0.2, 0) is 16.0 Å². The van der Waals surface area contributed by atoms with Crippen LogP contribution in [0.15, 0.2) is 12.1 Å². The summed E-state index contributed by atoms with van der Waals surface area (Å²) >= 11 is 0. The number of hydrogen-bond acceptors (Lipinski definition) is 6. The molecule has 0 saturated carbocycles. The summed E-state index contributed by atoms with van der Waals surface area (Å²) in [4.78, 5) is 15.2. The first-order valence-electron chi connectivity index (χ1n) is 12.5. The molecule has 30 heavy (non-hydrogen) atoms. The summed E-state index contributed by atoms with van der Waals surface area (Å²) in [5, 5.41) is 0. The Labute approximate surface area is 185 Å². The molecule has 2 heterocycles. The number of methoxy groups -OCH3 is 2. The summed E-state index contributed by atoms with van der Waals surface area (Å²) in [5.41, 5.74) is 8.20. The summed E-state index contributed by atoms with van der Waals surface area (Å²) in [6, 6.07) is 3.09. The van der Waals surface area contributed by atoms with Crippen molar-refractivity contribution in [3.63, 3.8) is 0 Å². The molecule has 3 rings (SSSR count). The van der Waals surface area contributed by atoms with Crippen molar-refractivity contribution in [2.45, 2.75) is 65.1 Å². The lowest BCUT2D eigenvalue weighted by Gasteiger charge is -2.47. The van der Waals surface area contributed by atoms with Crippen molar-refractivity contribution in [2.75, 3.05) is 27.2 Å². The monoisotopic (exact) mass is 421 g/mol. The van der Waals surface area contributed by atoms with Gasteiger partial charge in [0.05, 0.1) is 18.3 Å². The van der Waals surface area contributed by atoms with Crippen molar-refractivity contribution in [1.82, 2.24) is 4.90 Å². The van der Waals surface area contributed by atoms with Gasteiger partial charge in [-0.05, 0) is 47.9 Å². The zero-order chi connectivity index (χ0) is 24.5. The second kappa shape index (κ2) is 9.56. The van der Waals surface area contributed by atoms with Crippen LogP contribution in [-0.4, -0.2) is 50.3 Å². The molecule has 1 fully saturated rings. The Bertz CT molecular complexity index is 844. The van der Waals surface area contributed by atoms with Gasteiger partial charge < -0.3 is 19.9 Å². The van der Waals surface area contributed by atoms with Gasteiger partial charge in [0, 0.05) is 31.5 Å². The van der Waals surface area contributed by atoms with E-state index in [1.54, 1.807) is 6.07 Å². The van der Waals surface area contributed by atoms with Gasteiger partial charge in [-0.3, -0.25) is 9.69 Å². The molecule has 1 saturated heterocycles. The second-order valence-electron chi connectivity index (χ2n) is 9.44. The first-order chi connectivity index (χ1) is 15.4. The summed E-state index contributed by atoms with van der Waals surface area (Å²) < 4.78 is 39.0. The third-order valence-electron chi connectivity index (χ3n) is 6.49. The van der Waals surface area contributed by atoms with Crippen molar-refractivity contribution in [3.05, 3.63) is 23.3 Å². The Kier molecular flexibility index (Phi) is 6.04. The van der Waals surface area contributed by atoms with E-state index >= 15 is 0 Å². The zero-order valence-corrected chi connectivity index (χ0v) is 18.8. The quantitative estimate of drug-likeness (QED) is 0.679. The average Bonchev–Trinajstić information content (AvgIpc) is 2.71. The van der Waals surface area contributed by atoms with E-state index in [1.807, 2.05) is 19.9 Å². The van der Waals surface area contributed by atoms with Gasteiger partial charge in [0.15, 0.2) is 11.5 Å². The highest BCUT2D eigenvalue weighted by atomic mass is 16.5. The molecular weight excluding hydrogens is 380 g/mol. The first kappa shape index (κ1) is 18.9. The lowest BCUT2D eigenvalue weighted by Crippen LogP contribution is -2.51. The third kappa shape index (κ3) is 4.75. The summed E-state index contributed by atoms with van der Waals surface area (Å²) in [6.07, 6.45) is 2.22. The molecule has 1 unspecified atom stereocenters. The maximum atomic E-state index is 12.7. The van der Waals surface area contributed by atoms with Crippen LogP contribution in [0, 0.1) is 17.8 Å². The minimum absolute atomic E-state index is 0.0115. The Morgan fingerprint density at radius 2 is 2.00 bits per heavy atom. The Morgan fingerprint density at radius 1 is 1.27 bits per heavy atom. The molecule has 6 nitrogen and oxygen atoms in total. The summed E-state index contributed by atoms with van der Waals surface area (Å²) in [7, 11) is -1.04. The molecule has 0 radical (unpaired) electrons. The zero-order valence-electron chi connectivity index (χ0n) is 21.8. The largest absolute Gasteiger partial charge is 0.493 e. The minimum atomic E-state index is -2.55. The number of carbonyl (C=O) groups is 1. The van der Waals surface area contributed by atoms with Gasteiger partial charge >= 0.3 is 5.97 Å². The molecule has 2 aliphatic heterocycles. The molecule has 4 atom stereocenters. The molecule has 0 bridgehead atoms. The van der Waals surface area contributed by atoms with Gasteiger partial charge in [-0.2, -0.15) is 0 Å². The summed E-state index contributed by atoms with van der Waals surface area (Å²) in [6.45, 7) is 9.91. The number of ether oxygens (including phenoxy) is 3. The van der Waals surface area contributed by atoms with Crippen LogP contribution in [0.3, 0.4) is 0 Å². The highest BCUT2D eigenvalue weighted by Gasteiger charge is 2.41. The van der Waals surface area contributed by atoms with Gasteiger partial charge in [0.1, 0.15) is 12.1 Å². The summed E-state index contributed by atoms with van der Waals surface area (Å²) in [5.74, 6) is 1.02. The molecule has 1 aromatic rings. The number of nitrogens with zero attached hydrogens (tertiary/aromatic N) is 1. The lowest BCUT2D eigenvalue weighted by molar-refractivity contribution is -0.160. The fourth-order valence-electron chi connectivity index (χ4n) is 4.80. The fraction of sp³-hybridized carbons (Fsp3) is 0.708. The van der Waals surface area contributed by atoms with E-state index in [0.29, 0.717) is 18.1 Å². The second-order valence-corrected chi connectivity index (χ2v) is 9.44. The molecule has 2 N–H and O–H groups in total. The standard InChI is InChI=1S/C24H38N2O4/c1-14(2)9-17-13-26-8-7-16-10-21(28-5)22(29-6)11-18(16)19(26)12-20(17)30-24(27)23(25)15(3)4/h10-11,14-15,17,19-20,23H,7-9,12-13,25H2,1-6H3/t17-,19-,20+,23?/m1/s1/i5D3. The van der Waals surface area contributed by atoms with Crippen LogP contribution >= 0.6 is 0 Å². The smallest absolute Gasteiger partial charge is 0.323 e. The fourth-order valence-corrected chi connectivity index (χ4v) is 4.80. The first-order valence-corrected chi connectivity index (χ1v) is 11.0. The maximum Gasteiger partial charge on any atom is 0.323 e. The number of carbonyl (C=O) groups excluding carboxylic acids is 1. The maximum absolute atomic E-state index is 12.7. The van der Waals surface area contributed by atoms with E-state index in [2.05, 4.69) is 18.7 Å². The molecule has 6 heteroatoms. The van der Waals surface area contributed by atoms with Crippen LogP contribution in [0.25, 0.3) is 0 Å². The van der Waals surface area contributed by atoms with Crippen molar-refractivity contribution >= 4 is 5.97 Å². The number of rotatable bonds is 7. The van der Waals surface area contributed by atoms with E-state index < -0.39 is 13.1 Å². The molecule has 168 valence electrons. The lowest BCUT2D eigenvalue weighted by atomic mass is 9.79. The van der Waals surface area contributed by atoms with Crippen molar-refractivity contribution in [2.24, 2.45) is 23.5 Å². The number of esters is 1. The number of nitrogens with two attached hydrogens (primary N) is 1. The van der Waals surface area contributed by atoms with E-state index in [-0.39, 0.29) is 35.7 Å². The van der Waals surface area contributed by atoms with Gasteiger partial charge in [0.2, 0.25) is 0 Å². The van der Waals surface area contributed by atoms with Gasteiger partial charge in [-0.1, -0.05) is 27.7 Å². The molecule has 2 aliphatic rings. The molecular formula is C24H38N2O4. The van der Waals surface area contributed by atoms with E-state index in [1.165, 1.54) is 7.11 Å². The van der Waals surface area contributed by atoms with Crippen LogP contribution in [0.1, 0.15) is 61.8 Å². The third-order valence-corrected chi connectivity index (χ3v) is 6.49. The molecule has 0 spiro atoms. The Balaban J connectivity index is 1.90. The molecule has 0 amide bonds. The number of hydrogen-bond donors (Lipinski definition) is 1. The van der Waals surface area contributed by atoms with Crippen LogP contribution in [0.5, 0.6) is 11.5 Å². The molecule has 0 aromatic heterocycles. The molecule has 1 aromatic carbocycles. The minimum Gasteiger partial charge on any atom is -0.493 e. The number of fused-ring (bicyclic) bond motifs is 3. The van der Waals surface area contributed by atoms with E-state index in [9.17, 15) is 4.79 Å². The van der Waals surface area contributed by atoms with Gasteiger partial charge in [0.25, 0.3) is 0 Å². The number of piperidine rings is 1. The van der Waals surface area contributed by atoms with E-state index in [0.717, 1.165) is 37.1 Å². The highest BCUT2D eigenvalue weighted by Crippen LogP contribution is 2.44. The van der Waals surface area contributed by atoms with Gasteiger partial charge in [-0.15, -0.1) is 0 Å². The van der Waals surface area contributed by atoms with Crippen LogP contribution in [0.2, 0.25) is 0 Å². The van der Waals surface area contributed by atoms with Crippen LogP contribution in [0.4, 0.5) is 0 Å². The normalized spacial score (nSPS) is 26.8. The van der Waals surface area contributed by atoms with Gasteiger partial charge in [-0.25, -0.2) is 0 Å². The van der Waals surface area contributed by atoms with Crippen molar-refractivity contribution < 1.29 is 23.1 Å². The van der Waals surface area contributed by atoms with Crippen LogP contribution < -0.4 is 15.2 Å². The topological polar surface area (TPSA) is 74.0 Å². The SMILES string of the molecule is [2H]C([2H])([2H])Oc1cc2c(cc1OC)[C@H]1C[C@H](OC(=O)C(N)C(C)C)[C@H](CC(C)C)CN1CC2. The Morgan fingerprint density at radius 3 is 2.63 bits per heavy atom. The molecule has 0 aliphatic carbocycles. The number of benzene rings is 1. The highest BCUT2D eigenvalue weighted by molar-refractivity contribution is 5.76. The Hall–Kier alpha value is -1.79. The predicted molar refractivity (Wildman–Crippen MR) is 118 cm³/mol. The van der Waals surface area contributed by atoms with E-state index in [4.69, 9.17) is 24.1 Å². The average molecular weight is 422 g/mol. The predicted octanol–water partition coefficient (Wildman–Crippen LogP) is 3.56.